The maximum Gasteiger partial charge on any atom is 0.254 e. The van der Waals surface area contributed by atoms with Crippen LogP contribution < -0.4 is 10.1 Å². The molecular weight excluding hydrogens is 352 g/mol. The van der Waals surface area contributed by atoms with Gasteiger partial charge < -0.3 is 15.0 Å². The van der Waals surface area contributed by atoms with Crippen molar-refractivity contribution in [2.45, 2.75) is 18.9 Å². The van der Waals surface area contributed by atoms with E-state index in [4.69, 9.17) is 16.3 Å². The monoisotopic (exact) mass is 372 g/mol. The smallest absolute Gasteiger partial charge is 0.254 e. The fourth-order valence-electron chi connectivity index (χ4n) is 3.05. The van der Waals surface area contributed by atoms with Gasteiger partial charge in [0.05, 0.1) is 11.1 Å². The molecule has 6 heteroatoms. The van der Waals surface area contributed by atoms with E-state index >= 15 is 0 Å². The Morgan fingerprint density at radius 1 is 1.04 bits per heavy atom. The van der Waals surface area contributed by atoms with Crippen molar-refractivity contribution in [3.05, 3.63) is 64.7 Å². The third kappa shape index (κ3) is 4.17. The predicted octanol–water partition coefficient (Wildman–Crippen LogP) is 3.38. The van der Waals surface area contributed by atoms with Crippen molar-refractivity contribution in [3.8, 4) is 5.75 Å². The molecule has 136 valence electrons. The number of piperidine rings is 1. The molecule has 1 aliphatic rings. The van der Waals surface area contributed by atoms with Crippen LogP contribution in [0.1, 0.15) is 33.6 Å². The van der Waals surface area contributed by atoms with E-state index in [-0.39, 0.29) is 17.9 Å². The van der Waals surface area contributed by atoms with Crippen molar-refractivity contribution in [2.24, 2.45) is 0 Å². The second kappa shape index (κ2) is 8.23. The zero-order valence-electron chi connectivity index (χ0n) is 14.6. The molecule has 0 atom stereocenters. The minimum absolute atomic E-state index is 0.0643. The number of rotatable bonds is 4. The molecule has 1 saturated heterocycles. The fraction of sp³-hybridized carbons (Fsp3) is 0.300. The van der Waals surface area contributed by atoms with Gasteiger partial charge in [0.2, 0.25) is 0 Å². The van der Waals surface area contributed by atoms with E-state index in [2.05, 4.69) is 5.32 Å². The molecule has 0 unspecified atom stereocenters. The summed E-state index contributed by atoms with van der Waals surface area (Å²) in [6, 6.07) is 14.2. The van der Waals surface area contributed by atoms with Crippen LogP contribution in [0.3, 0.4) is 0 Å². The normalized spacial score (nSPS) is 14.8. The number of benzene rings is 2. The molecule has 0 bridgehead atoms. The summed E-state index contributed by atoms with van der Waals surface area (Å²) in [6.07, 6.45) is 1.56. The summed E-state index contributed by atoms with van der Waals surface area (Å²) < 4.78 is 5.96. The predicted molar refractivity (Wildman–Crippen MR) is 101 cm³/mol. The molecule has 1 N–H and O–H groups in total. The molecule has 26 heavy (non-hydrogen) atoms. The number of carbonyl (C=O) groups is 2. The molecule has 5 nitrogen and oxygen atoms in total. The number of hydrogen-bond acceptors (Lipinski definition) is 3. The molecule has 3 rings (SSSR count). The van der Waals surface area contributed by atoms with Crippen LogP contribution in [0.15, 0.2) is 48.5 Å². The molecule has 2 amide bonds. The van der Waals surface area contributed by atoms with Gasteiger partial charge in [-0.15, -0.1) is 0 Å². The second-order valence-electron chi connectivity index (χ2n) is 6.19. The van der Waals surface area contributed by atoms with Crippen molar-refractivity contribution in [2.75, 3.05) is 20.1 Å². The lowest BCUT2D eigenvalue weighted by Gasteiger charge is -2.32. The largest absolute Gasteiger partial charge is 0.490 e. The van der Waals surface area contributed by atoms with Crippen LogP contribution in [-0.4, -0.2) is 43.0 Å². The zero-order valence-corrected chi connectivity index (χ0v) is 15.3. The van der Waals surface area contributed by atoms with Crippen molar-refractivity contribution in [1.29, 1.82) is 0 Å². The Bertz CT molecular complexity index is 784. The number of carbonyl (C=O) groups excluding carboxylic acids is 2. The van der Waals surface area contributed by atoms with Crippen LogP contribution in [0.5, 0.6) is 5.75 Å². The molecule has 1 aliphatic heterocycles. The maximum absolute atomic E-state index is 12.8. The molecule has 1 fully saturated rings. The van der Waals surface area contributed by atoms with Crippen LogP contribution >= 0.6 is 11.6 Å². The van der Waals surface area contributed by atoms with E-state index in [0.29, 0.717) is 29.2 Å². The molecule has 2 aromatic carbocycles. The van der Waals surface area contributed by atoms with Crippen LogP contribution in [0.4, 0.5) is 0 Å². The van der Waals surface area contributed by atoms with Crippen molar-refractivity contribution in [1.82, 2.24) is 10.2 Å². The Balaban J connectivity index is 1.62. The van der Waals surface area contributed by atoms with Gasteiger partial charge in [-0.1, -0.05) is 23.7 Å². The van der Waals surface area contributed by atoms with Crippen molar-refractivity contribution < 1.29 is 14.3 Å². The summed E-state index contributed by atoms with van der Waals surface area (Å²) in [5.74, 6) is 0.410. The van der Waals surface area contributed by atoms with Gasteiger partial charge in [-0.3, -0.25) is 9.59 Å². The molecule has 0 aromatic heterocycles. The van der Waals surface area contributed by atoms with Gasteiger partial charge >= 0.3 is 0 Å². The third-order valence-corrected chi connectivity index (χ3v) is 4.73. The molecule has 0 aliphatic carbocycles. The highest BCUT2D eigenvalue weighted by atomic mass is 35.5. The van der Waals surface area contributed by atoms with Crippen LogP contribution in [-0.2, 0) is 0 Å². The first-order chi connectivity index (χ1) is 12.6. The average Bonchev–Trinajstić information content (AvgIpc) is 2.69. The molecule has 2 aromatic rings. The van der Waals surface area contributed by atoms with Gasteiger partial charge in [0, 0.05) is 38.0 Å². The van der Waals surface area contributed by atoms with E-state index < -0.39 is 0 Å². The lowest BCUT2D eigenvalue weighted by atomic mass is 10.0. The van der Waals surface area contributed by atoms with Gasteiger partial charge in [-0.2, -0.15) is 0 Å². The van der Waals surface area contributed by atoms with Crippen LogP contribution in [0.2, 0.25) is 5.02 Å². The van der Waals surface area contributed by atoms with E-state index in [0.717, 1.165) is 18.6 Å². The first-order valence-corrected chi connectivity index (χ1v) is 8.99. The van der Waals surface area contributed by atoms with Crippen molar-refractivity contribution in [3.63, 3.8) is 0 Å². The Hall–Kier alpha value is -2.53. The van der Waals surface area contributed by atoms with Gasteiger partial charge in [0.1, 0.15) is 11.9 Å². The summed E-state index contributed by atoms with van der Waals surface area (Å²) >= 11 is 5.88. The average molecular weight is 373 g/mol. The summed E-state index contributed by atoms with van der Waals surface area (Å²) in [7, 11) is 1.56. The van der Waals surface area contributed by atoms with Gasteiger partial charge in [0.15, 0.2) is 0 Å². The van der Waals surface area contributed by atoms with E-state index in [1.165, 1.54) is 0 Å². The van der Waals surface area contributed by atoms with E-state index in [9.17, 15) is 9.59 Å². The summed E-state index contributed by atoms with van der Waals surface area (Å²) in [6.45, 7) is 1.19. The second-order valence-corrected chi connectivity index (χ2v) is 6.62. The van der Waals surface area contributed by atoms with E-state index in [1.807, 2.05) is 12.1 Å². The Labute approximate surface area is 157 Å². The first-order valence-electron chi connectivity index (χ1n) is 8.61. The maximum atomic E-state index is 12.8. The Morgan fingerprint density at radius 2 is 1.65 bits per heavy atom. The van der Waals surface area contributed by atoms with Gasteiger partial charge in [-0.25, -0.2) is 0 Å². The standard InChI is InChI=1S/C20H21ClN2O3/c1-22-19(24)17-4-2-3-5-18(17)20(25)23-12-10-16(11-13-23)26-15-8-6-14(21)7-9-15/h2-9,16H,10-13H2,1H3,(H,22,24). The quantitative estimate of drug-likeness (QED) is 0.895. The number of likely N-dealkylation sites (tertiary alicyclic amines) is 1. The minimum Gasteiger partial charge on any atom is -0.490 e. The van der Waals surface area contributed by atoms with Crippen molar-refractivity contribution >= 4 is 23.4 Å². The highest BCUT2D eigenvalue weighted by Gasteiger charge is 2.26. The molecule has 0 spiro atoms. The lowest BCUT2D eigenvalue weighted by Crippen LogP contribution is -2.42. The molecular formula is C20H21ClN2O3. The Morgan fingerprint density at radius 3 is 2.27 bits per heavy atom. The molecule has 0 radical (unpaired) electrons. The number of nitrogens with zero attached hydrogens (tertiary/aromatic N) is 1. The fourth-order valence-corrected chi connectivity index (χ4v) is 3.18. The highest BCUT2D eigenvalue weighted by molar-refractivity contribution is 6.30. The summed E-state index contributed by atoms with van der Waals surface area (Å²) in [5, 5.41) is 3.25. The molecule has 0 saturated carbocycles. The zero-order chi connectivity index (χ0) is 18.5. The number of halogens is 1. The lowest BCUT2D eigenvalue weighted by molar-refractivity contribution is 0.0592. The summed E-state index contributed by atoms with van der Waals surface area (Å²) in [4.78, 5) is 26.6. The highest BCUT2D eigenvalue weighted by Crippen LogP contribution is 2.22. The summed E-state index contributed by atoms with van der Waals surface area (Å²) in [5.41, 5.74) is 0.837. The van der Waals surface area contributed by atoms with Crippen LogP contribution in [0, 0.1) is 0 Å². The first kappa shape index (κ1) is 18.3. The molecule has 1 heterocycles. The SMILES string of the molecule is CNC(=O)c1ccccc1C(=O)N1CCC(Oc2ccc(Cl)cc2)CC1. The van der Waals surface area contributed by atoms with Gasteiger partial charge in [-0.05, 0) is 36.4 Å². The number of ether oxygens (including phenoxy) is 1. The van der Waals surface area contributed by atoms with Crippen LogP contribution in [0.25, 0.3) is 0 Å². The number of amides is 2. The minimum atomic E-state index is -0.255. The third-order valence-electron chi connectivity index (χ3n) is 4.47. The number of nitrogens with one attached hydrogen (secondary N) is 1. The topological polar surface area (TPSA) is 58.6 Å². The Kier molecular flexibility index (Phi) is 5.78. The number of hydrogen-bond donors (Lipinski definition) is 1. The van der Waals surface area contributed by atoms with E-state index in [1.54, 1.807) is 48.3 Å². The van der Waals surface area contributed by atoms with Gasteiger partial charge in [0.25, 0.3) is 11.8 Å².